The van der Waals surface area contributed by atoms with Crippen molar-refractivity contribution in [2.24, 2.45) is 5.73 Å². The Hall–Kier alpha value is -0.580. The highest BCUT2D eigenvalue weighted by Crippen LogP contribution is 2.45. The van der Waals surface area contributed by atoms with Crippen LogP contribution in [0.4, 0.5) is 0 Å². The number of hydrogen-bond acceptors (Lipinski definition) is 3. The van der Waals surface area contributed by atoms with E-state index < -0.39 is 15.1 Å². The van der Waals surface area contributed by atoms with Crippen LogP contribution in [0.3, 0.4) is 0 Å². The molecular weight excluding hydrogens is 246 g/mol. The molecule has 0 spiro atoms. The summed E-state index contributed by atoms with van der Waals surface area (Å²) in [6, 6.07) is 6.96. The Morgan fingerprint density at radius 1 is 1.44 bits per heavy atom. The molecule has 2 rings (SSSR count). The van der Waals surface area contributed by atoms with Crippen molar-refractivity contribution in [2.75, 3.05) is 5.75 Å². The summed E-state index contributed by atoms with van der Waals surface area (Å²) in [6.45, 7) is 1.65. The number of nitrogens with two attached hydrogens (primary N) is 1. The molecule has 0 saturated heterocycles. The Morgan fingerprint density at radius 2 is 2.12 bits per heavy atom. The highest BCUT2D eigenvalue weighted by Gasteiger charge is 2.55. The second-order valence-electron chi connectivity index (χ2n) is 4.07. The standard InChI is InChI=1S/C11H14ClNO2S/c1-2-16(14,15)11-9(10(11)13)7-4-3-5-8(12)6-7/h3-6,9-11H,2,13H2,1H3. The molecule has 1 aromatic carbocycles. The van der Waals surface area contributed by atoms with Crippen LogP contribution in [-0.2, 0) is 9.84 Å². The molecular formula is C11H14ClNO2S. The molecule has 0 aliphatic heterocycles. The Labute approximate surface area is 101 Å². The van der Waals surface area contributed by atoms with Gasteiger partial charge < -0.3 is 5.73 Å². The van der Waals surface area contributed by atoms with E-state index in [2.05, 4.69) is 0 Å². The van der Waals surface area contributed by atoms with Gasteiger partial charge in [0.2, 0.25) is 0 Å². The van der Waals surface area contributed by atoms with Crippen LogP contribution in [-0.4, -0.2) is 25.5 Å². The van der Waals surface area contributed by atoms with Crippen molar-refractivity contribution < 1.29 is 8.42 Å². The molecule has 1 aromatic rings. The van der Waals surface area contributed by atoms with Crippen LogP contribution in [0.15, 0.2) is 24.3 Å². The van der Waals surface area contributed by atoms with Gasteiger partial charge in [0.1, 0.15) is 0 Å². The summed E-state index contributed by atoms with van der Waals surface area (Å²) in [7, 11) is -3.05. The molecule has 0 aromatic heterocycles. The van der Waals surface area contributed by atoms with E-state index in [1.807, 2.05) is 12.1 Å². The van der Waals surface area contributed by atoms with E-state index in [0.717, 1.165) is 5.56 Å². The second kappa shape index (κ2) is 4.02. The molecule has 1 aliphatic carbocycles. The first-order chi connectivity index (χ1) is 7.47. The fraction of sp³-hybridized carbons (Fsp3) is 0.455. The summed E-state index contributed by atoms with van der Waals surface area (Å²) in [5.41, 5.74) is 6.75. The first-order valence-electron chi connectivity index (χ1n) is 5.20. The first kappa shape index (κ1) is 11.9. The van der Waals surface area contributed by atoms with Crippen molar-refractivity contribution in [3.63, 3.8) is 0 Å². The zero-order chi connectivity index (χ0) is 11.9. The molecule has 1 fully saturated rings. The highest BCUT2D eigenvalue weighted by atomic mass is 35.5. The fourth-order valence-electron chi connectivity index (χ4n) is 2.09. The van der Waals surface area contributed by atoms with E-state index in [1.165, 1.54) is 0 Å². The molecule has 3 atom stereocenters. The van der Waals surface area contributed by atoms with E-state index in [-0.39, 0.29) is 17.7 Å². The number of benzene rings is 1. The predicted molar refractivity (Wildman–Crippen MR) is 65.4 cm³/mol. The number of halogens is 1. The summed E-state index contributed by atoms with van der Waals surface area (Å²) in [5, 5.41) is 0.181. The molecule has 1 aliphatic rings. The molecule has 0 radical (unpaired) electrons. The van der Waals surface area contributed by atoms with Gasteiger partial charge in [-0.15, -0.1) is 0 Å². The largest absolute Gasteiger partial charge is 0.326 e. The molecule has 1 saturated carbocycles. The molecule has 2 N–H and O–H groups in total. The van der Waals surface area contributed by atoms with E-state index in [9.17, 15) is 8.42 Å². The quantitative estimate of drug-likeness (QED) is 0.896. The molecule has 88 valence electrons. The van der Waals surface area contributed by atoms with Gasteiger partial charge in [-0.05, 0) is 17.7 Å². The lowest BCUT2D eigenvalue weighted by molar-refractivity contribution is 0.594. The van der Waals surface area contributed by atoms with E-state index in [1.54, 1.807) is 19.1 Å². The van der Waals surface area contributed by atoms with Crippen LogP contribution >= 0.6 is 11.6 Å². The van der Waals surface area contributed by atoms with Crippen molar-refractivity contribution in [3.05, 3.63) is 34.9 Å². The lowest BCUT2D eigenvalue weighted by atomic mass is 10.1. The van der Waals surface area contributed by atoms with E-state index >= 15 is 0 Å². The van der Waals surface area contributed by atoms with Crippen LogP contribution in [0.2, 0.25) is 5.02 Å². The lowest BCUT2D eigenvalue weighted by Gasteiger charge is -2.00. The average molecular weight is 260 g/mol. The van der Waals surface area contributed by atoms with Crippen molar-refractivity contribution in [2.45, 2.75) is 24.1 Å². The molecule has 16 heavy (non-hydrogen) atoms. The van der Waals surface area contributed by atoms with Crippen LogP contribution in [0.25, 0.3) is 0 Å². The SMILES string of the molecule is CCS(=O)(=O)C1C(N)C1c1cccc(Cl)c1. The minimum atomic E-state index is -3.05. The van der Waals surface area contributed by atoms with Gasteiger partial charge in [0.15, 0.2) is 9.84 Å². The third-order valence-electron chi connectivity index (χ3n) is 3.06. The maximum Gasteiger partial charge on any atom is 0.155 e. The summed E-state index contributed by atoms with van der Waals surface area (Å²) in [5.74, 6) is 0.0475. The zero-order valence-electron chi connectivity index (χ0n) is 8.93. The minimum Gasteiger partial charge on any atom is -0.326 e. The van der Waals surface area contributed by atoms with Crippen LogP contribution in [0, 0.1) is 0 Å². The topological polar surface area (TPSA) is 60.2 Å². The molecule has 0 bridgehead atoms. The molecule has 0 heterocycles. The van der Waals surface area contributed by atoms with Gasteiger partial charge in [0.05, 0.1) is 5.25 Å². The van der Waals surface area contributed by atoms with Crippen molar-refractivity contribution in [1.82, 2.24) is 0 Å². The third kappa shape index (κ3) is 1.97. The summed E-state index contributed by atoms with van der Waals surface area (Å²) >= 11 is 5.87. The lowest BCUT2D eigenvalue weighted by Crippen LogP contribution is -2.17. The average Bonchev–Trinajstić information content (AvgIpc) is 2.91. The van der Waals surface area contributed by atoms with Gasteiger partial charge in [-0.25, -0.2) is 8.42 Å². The van der Waals surface area contributed by atoms with Gasteiger partial charge in [0.25, 0.3) is 0 Å². The van der Waals surface area contributed by atoms with Crippen LogP contribution in [0.5, 0.6) is 0 Å². The zero-order valence-corrected chi connectivity index (χ0v) is 10.5. The summed E-state index contributed by atoms with van der Waals surface area (Å²) in [6.07, 6.45) is 0. The molecule has 0 amide bonds. The van der Waals surface area contributed by atoms with Gasteiger partial charge >= 0.3 is 0 Å². The Morgan fingerprint density at radius 3 is 2.69 bits per heavy atom. The maximum atomic E-state index is 11.7. The second-order valence-corrected chi connectivity index (χ2v) is 6.96. The van der Waals surface area contributed by atoms with Gasteiger partial charge in [-0.3, -0.25) is 0 Å². The smallest absolute Gasteiger partial charge is 0.155 e. The predicted octanol–water partition coefficient (Wildman–Crippen LogP) is 1.57. The monoisotopic (exact) mass is 259 g/mol. The minimum absolute atomic E-state index is 0.0938. The Bertz CT molecular complexity index is 500. The first-order valence-corrected chi connectivity index (χ1v) is 7.29. The van der Waals surface area contributed by atoms with Gasteiger partial charge in [0, 0.05) is 22.7 Å². The van der Waals surface area contributed by atoms with Crippen LogP contribution < -0.4 is 5.73 Å². The van der Waals surface area contributed by atoms with E-state index in [0.29, 0.717) is 5.02 Å². The highest BCUT2D eigenvalue weighted by molar-refractivity contribution is 7.92. The van der Waals surface area contributed by atoms with Crippen molar-refractivity contribution in [1.29, 1.82) is 0 Å². The van der Waals surface area contributed by atoms with Crippen LogP contribution in [0.1, 0.15) is 18.4 Å². The van der Waals surface area contributed by atoms with E-state index in [4.69, 9.17) is 17.3 Å². The normalized spacial score (nSPS) is 29.1. The number of sulfone groups is 1. The number of rotatable bonds is 3. The Balaban J connectivity index is 2.27. The van der Waals surface area contributed by atoms with Crippen molar-refractivity contribution in [3.8, 4) is 0 Å². The summed E-state index contributed by atoms with van der Waals surface area (Å²) < 4.78 is 23.5. The molecule has 5 heteroatoms. The van der Waals surface area contributed by atoms with Gasteiger partial charge in [-0.2, -0.15) is 0 Å². The van der Waals surface area contributed by atoms with Gasteiger partial charge in [-0.1, -0.05) is 30.7 Å². The third-order valence-corrected chi connectivity index (χ3v) is 5.53. The number of hydrogen-bond donors (Lipinski definition) is 1. The molecule has 3 unspecified atom stereocenters. The summed E-state index contributed by atoms with van der Waals surface area (Å²) in [4.78, 5) is 0. The molecule has 3 nitrogen and oxygen atoms in total. The Kier molecular flexibility index (Phi) is 2.99. The van der Waals surface area contributed by atoms with Crippen molar-refractivity contribution >= 4 is 21.4 Å². The maximum absolute atomic E-state index is 11.7. The fourth-order valence-corrected chi connectivity index (χ4v) is 4.01.